The Morgan fingerprint density at radius 1 is 0.747 bits per heavy atom. The van der Waals surface area contributed by atoms with Crippen LogP contribution in [0, 0.1) is 17.0 Å². The maximum Gasteiger partial charge on any atom is 0.254 e. The highest BCUT2D eigenvalue weighted by Gasteiger charge is 2.39. The molecule has 1 aliphatic rings. The molecule has 24 nitrogen and oxygen atoms in total. The van der Waals surface area contributed by atoms with Gasteiger partial charge in [0.1, 0.15) is 55.6 Å². The molecular formula is C53H70F2N10O14. The number of imide groups is 1. The quantitative estimate of drug-likeness (QED) is 0.0288. The molecule has 2 heterocycles. The molecule has 0 radical (unpaired) electrons. The Morgan fingerprint density at radius 2 is 1.37 bits per heavy atom. The third-order valence-corrected chi connectivity index (χ3v) is 12.1. The first-order chi connectivity index (χ1) is 37.4. The van der Waals surface area contributed by atoms with E-state index in [1.54, 1.807) is 37.6 Å². The van der Waals surface area contributed by atoms with Gasteiger partial charge in [0, 0.05) is 68.5 Å². The summed E-state index contributed by atoms with van der Waals surface area (Å²) in [5.74, 6) is -9.93. The number of carbonyl (C=O) groups excluding carboxylic acids is 10. The lowest BCUT2D eigenvalue weighted by atomic mass is 9.82. The molecule has 0 unspecified atom stereocenters. The third kappa shape index (κ3) is 20.1. The number of aliphatic hydroxyl groups is 1. The molecule has 3 aromatic rings. The minimum absolute atomic E-state index is 0.0717. The highest BCUT2D eigenvalue weighted by atomic mass is 19.1. The Hall–Kier alpha value is -7.94. The molecule has 4 rings (SSSR count). The van der Waals surface area contributed by atoms with E-state index in [0.29, 0.717) is 23.8 Å². The van der Waals surface area contributed by atoms with Crippen LogP contribution in [0.2, 0.25) is 0 Å². The fraction of sp³-hybridized carbons (Fsp3) is 0.472. The first-order valence-corrected chi connectivity index (χ1v) is 25.2. The number of halogens is 2. The highest BCUT2D eigenvalue weighted by molar-refractivity contribution is 6.14. The second-order valence-corrected chi connectivity index (χ2v) is 19.4. The molecule has 0 fully saturated rings. The zero-order chi connectivity index (χ0) is 58.4. The van der Waals surface area contributed by atoms with Crippen LogP contribution >= 0.6 is 0 Å². The van der Waals surface area contributed by atoms with E-state index in [4.69, 9.17) is 19.9 Å². The van der Waals surface area contributed by atoms with Gasteiger partial charge in [0.2, 0.25) is 47.3 Å². The number of primary amides is 1. The molecule has 1 aromatic heterocycles. The molecular weight excluding hydrogens is 1040 g/mol. The van der Waals surface area contributed by atoms with Gasteiger partial charge in [-0.1, -0.05) is 51.1 Å². The lowest BCUT2D eigenvalue weighted by molar-refractivity contribution is -0.141. The molecule has 9 N–H and O–H groups in total. The van der Waals surface area contributed by atoms with Crippen LogP contribution in [0.3, 0.4) is 0 Å². The van der Waals surface area contributed by atoms with Gasteiger partial charge in [-0.05, 0) is 55.5 Å². The highest BCUT2D eigenvalue weighted by Crippen LogP contribution is 2.41. The number of nitrogens with zero attached hydrogens (tertiary/aromatic N) is 3. The molecule has 26 heteroatoms. The molecule has 0 aliphatic carbocycles. The summed E-state index contributed by atoms with van der Waals surface area (Å²) < 4.78 is 47.1. The van der Waals surface area contributed by atoms with Gasteiger partial charge in [-0.25, -0.2) is 8.78 Å². The molecule has 2 aromatic carbocycles. The summed E-state index contributed by atoms with van der Waals surface area (Å²) in [6.45, 7) is 6.19. The Bertz CT molecular complexity index is 2660. The van der Waals surface area contributed by atoms with Crippen LogP contribution < -0.4 is 37.6 Å². The molecule has 0 saturated carbocycles. The van der Waals surface area contributed by atoms with Crippen LogP contribution in [0.1, 0.15) is 64.8 Å². The van der Waals surface area contributed by atoms with Gasteiger partial charge in [-0.2, -0.15) is 0 Å². The minimum Gasteiger partial charge on any atom is -0.387 e. The Morgan fingerprint density at radius 3 is 2.01 bits per heavy atom. The van der Waals surface area contributed by atoms with Gasteiger partial charge in [-0.3, -0.25) is 52.8 Å². The van der Waals surface area contributed by atoms with Gasteiger partial charge in [0.05, 0.1) is 38.9 Å². The fourth-order valence-corrected chi connectivity index (χ4v) is 8.19. The summed E-state index contributed by atoms with van der Waals surface area (Å²) >= 11 is 0. The lowest BCUT2D eigenvalue weighted by Gasteiger charge is -2.41. The fourth-order valence-electron chi connectivity index (χ4n) is 8.19. The van der Waals surface area contributed by atoms with Crippen molar-refractivity contribution in [2.45, 2.75) is 84.2 Å². The zero-order valence-corrected chi connectivity index (χ0v) is 44.9. The number of nitrogens with two attached hydrogens (primary N) is 1. The number of rotatable bonds is 32. The van der Waals surface area contributed by atoms with E-state index in [-0.39, 0.29) is 50.5 Å². The zero-order valence-electron chi connectivity index (χ0n) is 44.9. The SMILES string of the molecule is COCCOCCOCC(=O)N[C@@H](C)C(=O)N[C@@H](C)C(=O)N[C@@H](CC(N)=O)C(=O)N[C@@H](CCN(C(=O)CO)[C@@H](c1cc(-c2cc(F)ccc2F)cn1Cc1ccccc1)C(C)(C)C)C(=O)NCCNC(=O)CN1C(=O)C=CC1=O. The van der Waals surface area contributed by atoms with Crippen molar-refractivity contribution in [2.75, 3.05) is 72.9 Å². The lowest BCUT2D eigenvalue weighted by Crippen LogP contribution is -2.58. The summed E-state index contributed by atoms with van der Waals surface area (Å²) in [6.07, 6.45) is 2.38. The molecule has 79 heavy (non-hydrogen) atoms. The molecule has 1 aliphatic heterocycles. The summed E-state index contributed by atoms with van der Waals surface area (Å²) in [6, 6.07) is 6.79. The molecule has 0 saturated heterocycles. The van der Waals surface area contributed by atoms with Gasteiger partial charge in [0.15, 0.2) is 0 Å². The van der Waals surface area contributed by atoms with Crippen LogP contribution in [0.25, 0.3) is 11.1 Å². The van der Waals surface area contributed by atoms with Gasteiger partial charge < -0.3 is 66.4 Å². The van der Waals surface area contributed by atoms with E-state index in [2.05, 4.69) is 31.9 Å². The summed E-state index contributed by atoms with van der Waals surface area (Å²) in [5, 5.41) is 25.2. The van der Waals surface area contributed by atoms with Crippen LogP contribution in [-0.4, -0.2) is 176 Å². The summed E-state index contributed by atoms with van der Waals surface area (Å²) in [4.78, 5) is 132. The Labute approximate surface area is 455 Å². The van der Waals surface area contributed by atoms with Crippen LogP contribution in [-0.2, 0) is 68.7 Å². The monoisotopic (exact) mass is 1110 g/mol. The predicted molar refractivity (Wildman–Crippen MR) is 279 cm³/mol. The Balaban J connectivity index is 1.60. The number of amides is 10. The number of benzene rings is 2. The van der Waals surface area contributed by atoms with Crippen LogP contribution in [0.15, 0.2) is 72.9 Å². The van der Waals surface area contributed by atoms with Gasteiger partial charge in [-0.15, -0.1) is 0 Å². The maximum atomic E-state index is 15.4. The second kappa shape index (κ2) is 30.9. The van der Waals surface area contributed by atoms with Crippen molar-refractivity contribution >= 4 is 59.1 Å². The molecule has 10 amide bonds. The number of nitrogens with one attached hydrogen (secondary N) is 6. The van der Waals surface area contributed by atoms with Crippen molar-refractivity contribution < 1.29 is 76.0 Å². The number of aromatic nitrogens is 1. The van der Waals surface area contributed by atoms with E-state index < -0.39 is 139 Å². The minimum atomic E-state index is -1.77. The number of hydrogen-bond donors (Lipinski definition) is 8. The summed E-state index contributed by atoms with van der Waals surface area (Å²) in [7, 11) is 1.52. The second-order valence-electron chi connectivity index (χ2n) is 19.4. The maximum absolute atomic E-state index is 15.4. The van der Waals surface area contributed by atoms with Crippen molar-refractivity contribution in [3.8, 4) is 11.1 Å². The van der Waals surface area contributed by atoms with E-state index in [1.165, 1.54) is 25.9 Å². The first-order valence-electron chi connectivity index (χ1n) is 25.2. The van der Waals surface area contributed by atoms with E-state index in [1.807, 2.05) is 30.3 Å². The largest absolute Gasteiger partial charge is 0.387 e. The third-order valence-electron chi connectivity index (χ3n) is 12.1. The first kappa shape index (κ1) is 63.6. The van der Waals surface area contributed by atoms with Crippen LogP contribution in [0.4, 0.5) is 8.78 Å². The predicted octanol–water partition coefficient (Wildman–Crippen LogP) is -0.529. The smallest absolute Gasteiger partial charge is 0.254 e. The van der Waals surface area contributed by atoms with Crippen molar-refractivity contribution in [1.29, 1.82) is 0 Å². The van der Waals surface area contributed by atoms with E-state index >= 15 is 4.39 Å². The normalized spacial score (nSPS) is 14.1. The number of hydrogen-bond acceptors (Lipinski definition) is 14. The van der Waals surface area contributed by atoms with Gasteiger partial charge in [0.25, 0.3) is 11.8 Å². The molecule has 5 atom stereocenters. The van der Waals surface area contributed by atoms with E-state index in [0.717, 1.165) is 35.9 Å². The number of aliphatic hydroxyl groups excluding tert-OH is 1. The summed E-state index contributed by atoms with van der Waals surface area (Å²) in [5.41, 5.74) is 6.00. The standard InChI is InChI=1S/C53H70F2N10O14/c1-32(59-44(69)31-79-23-22-78-21-20-77-6)49(73)60-33(2)50(74)62-40(26-42(56)67)52(76)61-39(51(75)58-18-17-57-43(68)29-65-45(70)14-15-46(65)71)16-19-64(47(72)30-66)48(53(3,4)5)41-24-35(37-25-36(54)12-13-38(37)55)28-63(41)27-34-10-8-7-9-11-34/h7-15,24-25,28,32-33,39-40,48,66H,16-23,26-27,29-31H2,1-6H3,(H2,56,67)(H,57,68)(H,58,75)(H,59,69)(H,60,73)(H,61,76)(H,62,74)/t32-,33-,39-,40-,48-/m0/s1. The molecule has 0 spiro atoms. The van der Waals surface area contributed by atoms with Crippen LogP contribution in [0.5, 0.6) is 0 Å². The average Bonchev–Trinajstić information content (AvgIpc) is 4.07. The Kier molecular flexibility index (Phi) is 24.8. The molecule has 430 valence electrons. The van der Waals surface area contributed by atoms with Crippen molar-refractivity contribution in [3.05, 3.63) is 95.8 Å². The average molecular weight is 1110 g/mol. The topological polar surface area (TPSA) is 328 Å². The van der Waals surface area contributed by atoms with Gasteiger partial charge >= 0.3 is 0 Å². The van der Waals surface area contributed by atoms with Crippen molar-refractivity contribution in [3.63, 3.8) is 0 Å². The molecule has 0 bridgehead atoms. The number of carbonyl (C=O) groups is 10. The van der Waals surface area contributed by atoms with Crippen molar-refractivity contribution in [2.24, 2.45) is 11.1 Å². The van der Waals surface area contributed by atoms with Crippen molar-refractivity contribution in [1.82, 2.24) is 46.3 Å². The number of ether oxygens (including phenoxy) is 3. The number of methoxy groups -OCH3 is 1. The van der Waals surface area contributed by atoms with E-state index in [9.17, 15) is 57.4 Å².